The van der Waals surface area contributed by atoms with Crippen LogP contribution >= 0.6 is 11.6 Å². The van der Waals surface area contributed by atoms with Crippen LogP contribution in [0.25, 0.3) is 0 Å². The lowest BCUT2D eigenvalue weighted by Gasteiger charge is -2.36. The van der Waals surface area contributed by atoms with Gasteiger partial charge in [0.2, 0.25) is 15.9 Å². The summed E-state index contributed by atoms with van der Waals surface area (Å²) in [6.45, 7) is 1.04. The molecule has 4 rings (SSSR count). The minimum Gasteiger partial charge on any atom is -0.492 e. The van der Waals surface area contributed by atoms with Gasteiger partial charge in [0.25, 0.3) is 0 Å². The molecule has 29 heavy (non-hydrogen) atoms. The molecule has 0 spiro atoms. The Morgan fingerprint density at radius 1 is 1.10 bits per heavy atom. The second-order valence-corrected chi connectivity index (χ2v) is 9.47. The average molecular weight is 439 g/mol. The van der Waals surface area contributed by atoms with E-state index in [2.05, 4.69) is 0 Å². The maximum Gasteiger partial charge on any atom is 0.246 e. The molecule has 0 aromatic heterocycles. The summed E-state index contributed by atoms with van der Waals surface area (Å²) in [6.07, 6.45) is 0.530. The third-order valence-corrected chi connectivity index (χ3v) is 7.45. The van der Waals surface area contributed by atoms with E-state index in [1.54, 1.807) is 23.1 Å². The van der Waals surface area contributed by atoms with Crippen molar-refractivity contribution < 1.29 is 22.3 Å². The molecule has 0 aliphatic carbocycles. The number of nitrogens with zero attached hydrogens (tertiary/aromatic N) is 2. The zero-order valence-electron chi connectivity index (χ0n) is 15.6. The molecule has 0 bridgehead atoms. The van der Waals surface area contributed by atoms with Crippen molar-refractivity contribution in [3.05, 3.63) is 58.9 Å². The van der Waals surface area contributed by atoms with Crippen molar-refractivity contribution in [3.63, 3.8) is 0 Å². The highest BCUT2D eigenvalue weighted by Gasteiger charge is 2.35. The molecular formula is C20H20ClFN2O4S. The summed E-state index contributed by atoms with van der Waals surface area (Å²) in [5.74, 6) is -0.448. The van der Waals surface area contributed by atoms with Crippen LogP contribution in [0, 0.1) is 11.7 Å². The SMILES string of the molecule is O=C(C1COc2ccc(Cl)cc2C1)N1CCN(S(=O)(=O)c2ccccc2F)CC1. The molecule has 2 heterocycles. The quantitative estimate of drug-likeness (QED) is 0.738. The smallest absolute Gasteiger partial charge is 0.246 e. The number of ether oxygens (including phenoxy) is 1. The number of hydrogen-bond donors (Lipinski definition) is 0. The lowest BCUT2D eigenvalue weighted by Crippen LogP contribution is -2.53. The first-order chi connectivity index (χ1) is 13.9. The Morgan fingerprint density at radius 3 is 2.55 bits per heavy atom. The highest BCUT2D eigenvalue weighted by atomic mass is 35.5. The van der Waals surface area contributed by atoms with Crippen molar-refractivity contribution in [2.45, 2.75) is 11.3 Å². The Morgan fingerprint density at radius 2 is 1.83 bits per heavy atom. The Hall–Kier alpha value is -2.16. The van der Waals surface area contributed by atoms with Crippen LogP contribution < -0.4 is 4.74 Å². The summed E-state index contributed by atoms with van der Waals surface area (Å²) < 4.78 is 46.3. The Kier molecular flexibility index (Phi) is 5.50. The number of piperazine rings is 1. The first-order valence-corrected chi connectivity index (χ1v) is 11.1. The average Bonchev–Trinajstić information content (AvgIpc) is 2.73. The number of benzene rings is 2. The second kappa shape index (κ2) is 7.93. The molecule has 154 valence electrons. The fourth-order valence-electron chi connectivity index (χ4n) is 3.72. The number of carbonyl (C=O) groups excluding carboxylic acids is 1. The van der Waals surface area contributed by atoms with Gasteiger partial charge in [-0.05, 0) is 42.3 Å². The largest absolute Gasteiger partial charge is 0.492 e. The van der Waals surface area contributed by atoms with Crippen LogP contribution in [0.15, 0.2) is 47.4 Å². The van der Waals surface area contributed by atoms with Crippen LogP contribution in [0.4, 0.5) is 4.39 Å². The summed E-state index contributed by atoms with van der Waals surface area (Å²) in [5.41, 5.74) is 0.892. The Labute approximate surface area is 173 Å². The van der Waals surface area contributed by atoms with Gasteiger partial charge in [0, 0.05) is 31.2 Å². The predicted octanol–water partition coefficient (Wildman–Crippen LogP) is 2.56. The van der Waals surface area contributed by atoms with Crippen molar-refractivity contribution in [1.29, 1.82) is 0 Å². The van der Waals surface area contributed by atoms with Gasteiger partial charge in [0.15, 0.2) is 0 Å². The third-order valence-electron chi connectivity index (χ3n) is 5.28. The van der Waals surface area contributed by atoms with E-state index in [0.29, 0.717) is 11.4 Å². The lowest BCUT2D eigenvalue weighted by atomic mass is 9.95. The molecule has 6 nitrogen and oxygen atoms in total. The van der Waals surface area contributed by atoms with Crippen molar-refractivity contribution in [2.24, 2.45) is 5.92 Å². The third kappa shape index (κ3) is 3.97. The van der Waals surface area contributed by atoms with Crippen molar-refractivity contribution in [2.75, 3.05) is 32.8 Å². The highest BCUT2D eigenvalue weighted by molar-refractivity contribution is 7.89. The van der Waals surface area contributed by atoms with Gasteiger partial charge in [0.1, 0.15) is 23.1 Å². The number of fused-ring (bicyclic) bond motifs is 1. The predicted molar refractivity (Wildman–Crippen MR) is 106 cm³/mol. The molecule has 1 saturated heterocycles. The molecule has 1 unspecified atom stereocenters. The van der Waals surface area contributed by atoms with Gasteiger partial charge in [0.05, 0.1) is 5.92 Å². The number of hydrogen-bond acceptors (Lipinski definition) is 4. The van der Waals surface area contributed by atoms with Crippen molar-refractivity contribution in [3.8, 4) is 5.75 Å². The standard InChI is InChI=1S/C20H20ClFN2O4S/c21-16-5-6-18-14(12-16)11-15(13-28-18)20(25)23-7-9-24(10-8-23)29(26,27)19-4-2-1-3-17(19)22/h1-6,12,15H,7-11,13H2. The van der Waals surface area contributed by atoms with Gasteiger partial charge in [-0.3, -0.25) is 4.79 Å². The number of halogens is 2. The molecule has 2 aliphatic rings. The maximum absolute atomic E-state index is 13.9. The molecule has 1 atom stereocenters. The number of amides is 1. The van der Waals surface area contributed by atoms with Crippen LogP contribution in [0.2, 0.25) is 5.02 Å². The van der Waals surface area contributed by atoms with E-state index in [4.69, 9.17) is 16.3 Å². The molecule has 0 saturated carbocycles. The van der Waals surface area contributed by atoms with Gasteiger partial charge in [-0.25, -0.2) is 12.8 Å². The molecule has 2 aliphatic heterocycles. The van der Waals surface area contributed by atoms with E-state index < -0.39 is 15.8 Å². The van der Waals surface area contributed by atoms with Crippen LogP contribution in [-0.4, -0.2) is 56.3 Å². The first-order valence-electron chi connectivity index (χ1n) is 9.31. The monoisotopic (exact) mass is 438 g/mol. The van der Waals surface area contributed by atoms with E-state index in [9.17, 15) is 17.6 Å². The van der Waals surface area contributed by atoms with Gasteiger partial charge in [-0.1, -0.05) is 23.7 Å². The van der Waals surface area contributed by atoms with E-state index >= 15 is 0 Å². The van der Waals surface area contributed by atoms with E-state index in [1.165, 1.54) is 22.5 Å². The molecule has 2 aromatic rings. The topological polar surface area (TPSA) is 66.9 Å². The molecule has 2 aromatic carbocycles. The molecule has 1 fully saturated rings. The fraction of sp³-hybridized carbons (Fsp3) is 0.350. The minimum atomic E-state index is -3.93. The summed E-state index contributed by atoms with van der Waals surface area (Å²) in [5, 5.41) is 0.590. The second-order valence-electron chi connectivity index (χ2n) is 7.12. The first kappa shape index (κ1) is 20.1. The highest BCUT2D eigenvalue weighted by Crippen LogP contribution is 2.31. The number of sulfonamides is 1. The van der Waals surface area contributed by atoms with E-state index in [0.717, 1.165) is 17.4 Å². The van der Waals surface area contributed by atoms with Crippen molar-refractivity contribution in [1.82, 2.24) is 9.21 Å². The zero-order chi connectivity index (χ0) is 20.6. The summed E-state index contributed by atoms with van der Waals surface area (Å²) in [4.78, 5) is 14.2. The van der Waals surface area contributed by atoms with Crippen LogP contribution in [0.5, 0.6) is 5.75 Å². The normalized spacial score (nSPS) is 20.1. The molecule has 0 N–H and O–H groups in total. The van der Waals surface area contributed by atoms with Crippen LogP contribution in [0.3, 0.4) is 0 Å². The summed E-state index contributed by atoms with van der Waals surface area (Å²) in [7, 11) is -3.93. The van der Waals surface area contributed by atoms with E-state index in [1.807, 2.05) is 0 Å². The number of rotatable bonds is 3. The molecule has 9 heteroatoms. The van der Waals surface area contributed by atoms with Crippen molar-refractivity contribution >= 4 is 27.5 Å². The van der Waals surface area contributed by atoms with Crippen LogP contribution in [0.1, 0.15) is 5.56 Å². The Bertz CT molecular complexity index is 1040. The molecule has 1 amide bonds. The summed E-state index contributed by atoms with van der Waals surface area (Å²) >= 11 is 6.03. The van der Waals surface area contributed by atoms with Crippen LogP contribution in [-0.2, 0) is 21.2 Å². The summed E-state index contributed by atoms with van der Waals surface area (Å²) in [6, 6.07) is 10.7. The lowest BCUT2D eigenvalue weighted by molar-refractivity contribution is -0.138. The maximum atomic E-state index is 13.9. The molecule has 0 radical (unpaired) electrons. The number of carbonyl (C=O) groups is 1. The van der Waals surface area contributed by atoms with Gasteiger partial charge in [-0.2, -0.15) is 4.31 Å². The van der Waals surface area contributed by atoms with Gasteiger partial charge < -0.3 is 9.64 Å². The molecular weight excluding hydrogens is 419 g/mol. The zero-order valence-corrected chi connectivity index (χ0v) is 17.1. The minimum absolute atomic E-state index is 0.0708. The Balaban J connectivity index is 1.41. The fourth-order valence-corrected chi connectivity index (χ4v) is 5.40. The van der Waals surface area contributed by atoms with E-state index in [-0.39, 0.29) is 49.5 Å². The van der Waals surface area contributed by atoms with Gasteiger partial charge >= 0.3 is 0 Å². The van der Waals surface area contributed by atoms with Gasteiger partial charge in [-0.15, -0.1) is 0 Å².